The molecule has 1 aromatic rings. The Bertz CT molecular complexity index is 492. The van der Waals surface area contributed by atoms with Gasteiger partial charge in [0.15, 0.2) is 0 Å². The number of nitrogens with one attached hydrogen (secondary N) is 1. The Labute approximate surface area is 110 Å². The summed E-state index contributed by atoms with van der Waals surface area (Å²) in [6.45, 7) is 1.17. The molecule has 7 nitrogen and oxygen atoms in total. The Kier molecular flexibility index (Phi) is 3.96. The maximum atomic E-state index is 11.9. The molecule has 0 spiro atoms. The first-order valence-electron chi connectivity index (χ1n) is 6.01. The predicted molar refractivity (Wildman–Crippen MR) is 68.9 cm³/mol. The van der Waals surface area contributed by atoms with Gasteiger partial charge in [0.25, 0.3) is 5.69 Å². The van der Waals surface area contributed by atoms with Crippen LogP contribution in [0.2, 0.25) is 0 Å². The van der Waals surface area contributed by atoms with E-state index in [2.05, 4.69) is 5.32 Å². The normalized spacial score (nSPS) is 18.4. The molecule has 0 radical (unpaired) electrons. The van der Waals surface area contributed by atoms with Gasteiger partial charge in [0, 0.05) is 43.4 Å². The lowest BCUT2D eigenvalue weighted by molar-refractivity contribution is -0.384. The first-order chi connectivity index (χ1) is 9.10. The van der Waals surface area contributed by atoms with Crippen molar-refractivity contribution in [3.05, 3.63) is 34.4 Å². The number of nitro groups is 1. The predicted octanol–water partition coefficient (Wildman–Crippen LogP) is 1.44. The second kappa shape index (κ2) is 5.66. The van der Waals surface area contributed by atoms with Crippen LogP contribution in [-0.2, 0) is 0 Å². The van der Waals surface area contributed by atoms with Crippen LogP contribution in [0.4, 0.5) is 16.2 Å². The van der Waals surface area contributed by atoms with Crippen molar-refractivity contribution in [2.24, 2.45) is 5.92 Å². The smallest absolute Gasteiger partial charge is 0.321 e. The minimum absolute atomic E-state index is 0.0625. The molecule has 1 saturated heterocycles. The van der Waals surface area contributed by atoms with E-state index in [1.807, 2.05) is 0 Å². The Morgan fingerprint density at radius 2 is 2.37 bits per heavy atom. The lowest BCUT2D eigenvalue weighted by atomic mass is 10.1. The van der Waals surface area contributed by atoms with Crippen molar-refractivity contribution in [1.29, 1.82) is 0 Å². The first kappa shape index (κ1) is 13.3. The molecule has 0 aliphatic carbocycles. The molecule has 1 aliphatic heterocycles. The highest BCUT2D eigenvalue weighted by atomic mass is 16.6. The van der Waals surface area contributed by atoms with Crippen LogP contribution in [0, 0.1) is 16.0 Å². The molecular weight excluding hydrogens is 250 g/mol. The Morgan fingerprint density at radius 1 is 1.58 bits per heavy atom. The summed E-state index contributed by atoms with van der Waals surface area (Å²) in [6.07, 6.45) is 0.777. The van der Waals surface area contributed by atoms with Gasteiger partial charge in [0.2, 0.25) is 0 Å². The molecule has 2 N–H and O–H groups in total. The third kappa shape index (κ3) is 3.19. The minimum Gasteiger partial charge on any atom is -0.396 e. The molecule has 0 bridgehead atoms. The number of carbonyl (C=O) groups excluding carboxylic acids is 1. The summed E-state index contributed by atoms with van der Waals surface area (Å²) in [7, 11) is 0. The van der Waals surface area contributed by atoms with Gasteiger partial charge < -0.3 is 15.3 Å². The van der Waals surface area contributed by atoms with Crippen LogP contribution in [0.15, 0.2) is 24.3 Å². The van der Waals surface area contributed by atoms with E-state index in [0.717, 1.165) is 6.42 Å². The monoisotopic (exact) mass is 265 g/mol. The van der Waals surface area contributed by atoms with Crippen LogP contribution < -0.4 is 5.32 Å². The number of rotatable bonds is 3. The lowest BCUT2D eigenvalue weighted by Gasteiger charge is -2.16. The van der Waals surface area contributed by atoms with Crippen molar-refractivity contribution in [1.82, 2.24) is 4.90 Å². The zero-order valence-electron chi connectivity index (χ0n) is 10.3. The number of aliphatic hydroxyl groups excluding tert-OH is 1. The van der Waals surface area contributed by atoms with Crippen molar-refractivity contribution >= 4 is 17.4 Å². The number of carbonyl (C=O) groups is 1. The van der Waals surface area contributed by atoms with Crippen molar-refractivity contribution < 1.29 is 14.8 Å². The molecule has 1 fully saturated rings. The van der Waals surface area contributed by atoms with Gasteiger partial charge in [-0.15, -0.1) is 0 Å². The number of anilines is 1. The summed E-state index contributed by atoms with van der Waals surface area (Å²) in [5.41, 5.74) is 0.333. The molecular formula is C12H15N3O4. The zero-order valence-corrected chi connectivity index (χ0v) is 10.3. The summed E-state index contributed by atoms with van der Waals surface area (Å²) < 4.78 is 0. The van der Waals surface area contributed by atoms with Crippen molar-refractivity contribution in [3.8, 4) is 0 Å². The van der Waals surface area contributed by atoms with E-state index < -0.39 is 4.92 Å². The molecule has 7 heteroatoms. The van der Waals surface area contributed by atoms with E-state index in [9.17, 15) is 14.9 Å². The summed E-state index contributed by atoms with van der Waals surface area (Å²) in [6, 6.07) is 5.51. The highest BCUT2D eigenvalue weighted by molar-refractivity contribution is 5.89. The van der Waals surface area contributed by atoms with Crippen LogP contribution in [0.3, 0.4) is 0 Å². The summed E-state index contributed by atoms with van der Waals surface area (Å²) in [4.78, 5) is 23.6. The molecule has 0 aromatic heterocycles. The zero-order chi connectivity index (χ0) is 13.8. The van der Waals surface area contributed by atoms with Gasteiger partial charge in [-0.25, -0.2) is 4.79 Å². The number of amides is 2. The Balaban J connectivity index is 1.99. The Hall–Kier alpha value is -2.15. The molecule has 1 aromatic carbocycles. The number of likely N-dealkylation sites (tertiary alicyclic amines) is 1. The average molecular weight is 265 g/mol. The first-order valence-corrected chi connectivity index (χ1v) is 6.01. The fourth-order valence-electron chi connectivity index (χ4n) is 2.07. The number of nitro benzene ring substituents is 1. The van der Waals surface area contributed by atoms with E-state index in [1.54, 1.807) is 11.0 Å². The molecule has 1 atom stereocenters. The number of urea groups is 1. The molecule has 2 rings (SSSR count). The van der Waals surface area contributed by atoms with Crippen LogP contribution in [0.1, 0.15) is 6.42 Å². The number of hydrogen-bond donors (Lipinski definition) is 2. The number of non-ortho nitro benzene ring substituents is 1. The standard InChI is InChI=1S/C12H15N3O4/c16-8-9-4-5-14(7-9)12(17)13-10-2-1-3-11(6-10)15(18)19/h1-3,6,9,16H,4-5,7-8H2,(H,13,17). The maximum absolute atomic E-state index is 11.9. The van der Waals surface area contributed by atoms with Gasteiger partial charge >= 0.3 is 6.03 Å². The van der Waals surface area contributed by atoms with Gasteiger partial charge in [-0.3, -0.25) is 10.1 Å². The topological polar surface area (TPSA) is 95.7 Å². The van der Waals surface area contributed by atoms with Crippen molar-refractivity contribution in [2.45, 2.75) is 6.42 Å². The fourth-order valence-corrected chi connectivity index (χ4v) is 2.07. The van der Waals surface area contributed by atoms with Crippen molar-refractivity contribution in [3.63, 3.8) is 0 Å². The quantitative estimate of drug-likeness (QED) is 0.638. The molecule has 19 heavy (non-hydrogen) atoms. The molecule has 1 aliphatic rings. The highest BCUT2D eigenvalue weighted by Crippen LogP contribution is 2.20. The number of aliphatic hydroxyl groups is 1. The Morgan fingerprint density at radius 3 is 3.00 bits per heavy atom. The number of nitrogens with zero attached hydrogens (tertiary/aromatic N) is 2. The third-order valence-corrected chi connectivity index (χ3v) is 3.14. The molecule has 1 heterocycles. The summed E-state index contributed by atoms with van der Waals surface area (Å²) in [5.74, 6) is 0.121. The second-order valence-corrected chi connectivity index (χ2v) is 4.52. The van der Waals surface area contributed by atoms with Gasteiger partial charge in [-0.05, 0) is 12.5 Å². The molecule has 1 unspecified atom stereocenters. The van der Waals surface area contributed by atoms with Crippen LogP contribution in [-0.4, -0.2) is 40.7 Å². The second-order valence-electron chi connectivity index (χ2n) is 4.52. The van der Waals surface area contributed by atoms with Crippen LogP contribution in [0.5, 0.6) is 0 Å². The number of benzene rings is 1. The fraction of sp³-hybridized carbons (Fsp3) is 0.417. The van der Waals surface area contributed by atoms with E-state index in [-0.39, 0.29) is 24.2 Å². The largest absolute Gasteiger partial charge is 0.396 e. The lowest BCUT2D eigenvalue weighted by Crippen LogP contribution is -2.33. The van der Waals surface area contributed by atoms with E-state index >= 15 is 0 Å². The maximum Gasteiger partial charge on any atom is 0.321 e. The van der Waals surface area contributed by atoms with Gasteiger partial charge in [-0.1, -0.05) is 6.07 Å². The summed E-state index contributed by atoms with van der Waals surface area (Å²) in [5, 5.41) is 22.3. The molecule has 2 amide bonds. The average Bonchev–Trinajstić information content (AvgIpc) is 2.88. The number of hydrogen-bond acceptors (Lipinski definition) is 4. The highest BCUT2D eigenvalue weighted by Gasteiger charge is 2.25. The molecule has 102 valence electrons. The van der Waals surface area contributed by atoms with Crippen LogP contribution in [0.25, 0.3) is 0 Å². The van der Waals surface area contributed by atoms with Gasteiger partial charge in [0.1, 0.15) is 0 Å². The van der Waals surface area contributed by atoms with E-state index in [4.69, 9.17) is 5.11 Å². The van der Waals surface area contributed by atoms with Crippen LogP contribution >= 0.6 is 0 Å². The summed E-state index contributed by atoms with van der Waals surface area (Å²) >= 11 is 0. The minimum atomic E-state index is -0.507. The van der Waals surface area contributed by atoms with Gasteiger partial charge in [-0.2, -0.15) is 0 Å². The van der Waals surface area contributed by atoms with Crippen molar-refractivity contribution in [2.75, 3.05) is 25.0 Å². The molecule has 0 saturated carbocycles. The van der Waals surface area contributed by atoms with Gasteiger partial charge in [0.05, 0.1) is 4.92 Å². The third-order valence-electron chi connectivity index (χ3n) is 3.14. The SMILES string of the molecule is O=C(Nc1cccc([N+](=O)[O-])c1)N1CCC(CO)C1. The van der Waals surface area contributed by atoms with E-state index in [0.29, 0.717) is 18.8 Å². The van der Waals surface area contributed by atoms with E-state index in [1.165, 1.54) is 18.2 Å².